The number of carbonyl (C=O) groups is 1. The number of hydrogen-bond acceptors (Lipinski definition) is 3. The molecule has 0 aromatic carbocycles. The minimum Gasteiger partial charge on any atom is -0.474 e. The number of primary amides is 1. The van der Waals surface area contributed by atoms with Crippen LogP contribution in [0.3, 0.4) is 0 Å². The van der Waals surface area contributed by atoms with E-state index in [0.717, 1.165) is 0 Å². The van der Waals surface area contributed by atoms with E-state index in [1.54, 1.807) is 6.92 Å². The molecule has 0 aliphatic heterocycles. The van der Waals surface area contributed by atoms with Crippen molar-refractivity contribution in [1.29, 1.82) is 0 Å². The Morgan fingerprint density at radius 1 is 1.55 bits per heavy atom. The van der Waals surface area contributed by atoms with E-state index in [-0.39, 0.29) is 0 Å². The number of hydrogen-bond donors (Lipinski definition) is 1. The molecule has 2 N–H and O–H groups in total. The lowest BCUT2D eigenvalue weighted by molar-refractivity contribution is 0.163. The molecule has 0 aromatic heterocycles. The van der Waals surface area contributed by atoms with Crippen LogP contribution in [0.15, 0.2) is 25.7 Å². The minimum atomic E-state index is -0.711. The standard InChI is InChI=1S/C4H6O.C3H7NO2/c1-3-5-4-2;1-2-6-3(4)5/h3-4H,1-2H2;2H2,1H3,(H2,4,5). The fourth-order valence-electron chi connectivity index (χ4n) is 0.210. The van der Waals surface area contributed by atoms with Crippen molar-refractivity contribution < 1.29 is 14.3 Å². The summed E-state index contributed by atoms with van der Waals surface area (Å²) in [6, 6.07) is 0. The van der Waals surface area contributed by atoms with Gasteiger partial charge in [0.05, 0.1) is 19.1 Å². The van der Waals surface area contributed by atoms with Gasteiger partial charge in [-0.15, -0.1) is 0 Å². The van der Waals surface area contributed by atoms with Gasteiger partial charge in [-0.2, -0.15) is 0 Å². The summed E-state index contributed by atoms with van der Waals surface area (Å²) in [6.45, 7) is 8.57. The normalized spacial score (nSPS) is 6.64. The van der Waals surface area contributed by atoms with Gasteiger partial charge in [0.2, 0.25) is 0 Å². The largest absolute Gasteiger partial charge is 0.474 e. The molecule has 0 saturated heterocycles. The zero-order chi connectivity index (χ0) is 9.11. The lowest BCUT2D eigenvalue weighted by Gasteiger charge is -1.89. The topological polar surface area (TPSA) is 61.6 Å². The highest BCUT2D eigenvalue weighted by Gasteiger charge is 1.82. The van der Waals surface area contributed by atoms with Crippen LogP contribution in [0.25, 0.3) is 0 Å². The van der Waals surface area contributed by atoms with E-state index >= 15 is 0 Å². The van der Waals surface area contributed by atoms with Gasteiger partial charge >= 0.3 is 6.09 Å². The van der Waals surface area contributed by atoms with Crippen LogP contribution in [0.5, 0.6) is 0 Å². The fourth-order valence-corrected chi connectivity index (χ4v) is 0.210. The van der Waals surface area contributed by atoms with Crippen LogP contribution in [0.4, 0.5) is 4.79 Å². The first kappa shape index (κ1) is 12.2. The van der Waals surface area contributed by atoms with Crippen molar-refractivity contribution in [1.82, 2.24) is 0 Å². The number of rotatable bonds is 3. The molecule has 0 radical (unpaired) electrons. The Hall–Kier alpha value is -1.45. The van der Waals surface area contributed by atoms with E-state index in [1.165, 1.54) is 12.5 Å². The molecule has 0 bridgehead atoms. The number of amides is 1. The highest BCUT2D eigenvalue weighted by atomic mass is 16.5. The summed E-state index contributed by atoms with van der Waals surface area (Å²) in [4.78, 5) is 9.60. The summed E-state index contributed by atoms with van der Waals surface area (Å²) in [5, 5.41) is 0. The zero-order valence-corrected chi connectivity index (χ0v) is 6.58. The van der Waals surface area contributed by atoms with Gasteiger partial charge in [-0.25, -0.2) is 4.79 Å². The summed E-state index contributed by atoms with van der Waals surface area (Å²) in [6.07, 6.45) is 1.91. The van der Waals surface area contributed by atoms with Crippen LogP contribution < -0.4 is 5.73 Å². The maximum atomic E-state index is 9.60. The van der Waals surface area contributed by atoms with E-state index in [4.69, 9.17) is 0 Å². The predicted molar refractivity (Wildman–Crippen MR) is 42.7 cm³/mol. The first-order valence-electron chi connectivity index (χ1n) is 2.98. The summed E-state index contributed by atoms with van der Waals surface area (Å²) in [5.41, 5.74) is 4.54. The Kier molecular flexibility index (Phi) is 12.6. The van der Waals surface area contributed by atoms with Gasteiger partial charge in [0.15, 0.2) is 0 Å². The van der Waals surface area contributed by atoms with E-state index < -0.39 is 6.09 Å². The van der Waals surface area contributed by atoms with Crippen molar-refractivity contribution in [3.8, 4) is 0 Å². The Bertz CT molecular complexity index is 117. The molecule has 0 saturated carbocycles. The summed E-state index contributed by atoms with van der Waals surface area (Å²) >= 11 is 0. The van der Waals surface area contributed by atoms with E-state index in [1.807, 2.05) is 0 Å². The number of carbonyl (C=O) groups excluding carboxylic acids is 1. The third-order valence-electron chi connectivity index (χ3n) is 0.479. The molecule has 0 atom stereocenters. The third kappa shape index (κ3) is 29.1. The highest BCUT2D eigenvalue weighted by Crippen LogP contribution is 1.66. The van der Waals surface area contributed by atoms with E-state index in [0.29, 0.717) is 6.61 Å². The SMILES string of the molecule is C=COC=C.CCOC(N)=O. The highest BCUT2D eigenvalue weighted by molar-refractivity contribution is 5.64. The average molecular weight is 159 g/mol. The monoisotopic (exact) mass is 159 g/mol. The average Bonchev–Trinajstić information content (AvgIpc) is 1.90. The minimum absolute atomic E-state index is 0.356. The van der Waals surface area contributed by atoms with Crippen molar-refractivity contribution >= 4 is 6.09 Å². The lowest BCUT2D eigenvalue weighted by Crippen LogP contribution is -2.11. The molecule has 4 heteroatoms. The Morgan fingerprint density at radius 3 is 2.00 bits per heavy atom. The molecule has 0 spiro atoms. The predicted octanol–water partition coefficient (Wildman–Crippen LogP) is 1.39. The maximum Gasteiger partial charge on any atom is 0.404 e. The third-order valence-corrected chi connectivity index (χ3v) is 0.479. The number of ether oxygens (including phenoxy) is 2. The molecular formula is C7H13NO3. The molecule has 0 fully saturated rings. The van der Waals surface area contributed by atoms with E-state index in [9.17, 15) is 4.79 Å². The summed E-state index contributed by atoms with van der Waals surface area (Å²) < 4.78 is 8.54. The van der Waals surface area contributed by atoms with Gasteiger partial charge in [0, 0.05) is 0 Å². The molecular weight excluding hydrogens is 146 g/mol. The molecule has 0 heterocycles. The Morgan fingerprint density at radius 2 is 2.00 bits per heavy atom. The molecule has 0 aliphatic carbocycles. The maximum absolute atomic E-state index is 9.60. The molecule has 11 heavy (non-hydrogen) atoms. The van der Waals surface area contributed by atoms with Gasteiger partial charge in [0.1, 0.15) is 0 Å². The molecule has 0 rings (SSSR count). The smallest absolute Gasteiger partial charge is 0.404 e. The molecule has 0 unspecified atom stereocenters. The second-order valence-corrected chi connectivity index (χ2v) is 1.22. The second-order valence-electron chi connectivity index (χ2n) is 1.22. The van der Waals surface area contributed by atoms with Crippen LogP contribution in [0.1, 0.15) is 6.92 Å². The van der Waals surface area contributed by atoms with Crippen molar-refractivity contribution in [2.24, 2.45) is 5.73 Å². The summed E-state index contributed by atoms with van der Waals surface area (Å²) in [7, 11) is 0. The van der Waals surface area contributed by atoms with Crippen LogP contribution in [0, 0.1) is 0 Å². The van der Waals surface area contributed by atoms with Crippen molar-refractivity contribution in [2.45, 2.75) is 6.92 Å². The fraction of sp³-hybridized carbons (Fsp3) is 0.286. The summed E-state index contributed by atoms with van der Waals surface area (Å²) in [5.74, 6) is 0. The zero-order valence-electron chi connectivity index (χ0n) is 6.58. The van der Waals surface area contributed by atoms with Crippen molar-refractivity contribution in [2.75, 3.05) is 6.61 Å². The van der Waals surface area contributed by atoms with Gasteiger partial charge in [-0.1, -0.05) is 13.2 Å². The van der Waals surface area contributed by atoms with Crippen molar-refractivity contribution in [3.63, 3.8) is 0 Å². The quantitative estimate of drug-likeness (QED) is 0.633. The van der Waals surface area contributed by atoms with Crippen LogP contribution in [0.2, 0.25) is 0 Å². The molecule has 0 aliphatic rings. The van der Waals surface area contributed by atoms with Gasteiger partial charge in [0.25, 0.3) is 0 Å². The molecule has 4 nitrogen and oxygen atoms in total. The first-order chi connectivity index (χ1) is 5.18. The molecule has 0 aromatic rings. The molecule has 64 valence electrons. The van der Waals surface area contributed by atoms with Crippen molar-refractivity contribution in [3.05, 3.63) is 25.7 Å². The van der Waals surface area contributed by atoms with Crippen LogP contribution in [-0.2, 0) is 9.47 Å². The van der Waals surface area contributed by atoms with Gasteiger partial charge < -0.3 is 15.2 Å². The molecule has 1 amide bonds. The van der Waals surface area contributed by atoms with Crippen LogP contribution >= 0.6 is 0 Å². The lowest BCUT2D eigenvalue weighted by atomic mass is 10.9. The van der Waals surface area contributed by atoms with Gasteiger partial charge in [-0.05, 0) is 6.92 Å². The van der Waals surface area contributed by atoms with Crippen LogP contribution in [-0.4, -0.2) is 12.7 Å². The Balaban J connectivity index is 0. The first-order valence-corrected chi connectivity index (χ1v) is 2.98. The van der Waals surface area contributed by atoms with E-state index in [2.05, 4.69) is 28.4 Å². The number of nitrogens with two attached hydrogens (primary N) is 1. The second kappa shape index (κ2) is 11.4. The van der Waals surface area contributed by atoms with Gasteiger partial charge in [-0.3, -0.25) is 0 Å². The Labute approximate surface area is 66.3 Å².